The average Bonchev–Trinajstić information content (AvgIpc) is 3.27. The van der Waals surface area contributed by atoms with Crippen LogP contribution in [-0.4, -0.2) is 18.5 Å². The molecule has 4 aliphatic rings. The van der Waals surface area contributed by atoms with E-state index in [1.54, 1.807) is 0 Å². The topological polar surface area (TPSA) is 19.7 Å². The molecule has 7 rings (SSSR count). The molecule has 0 saturated heterocycles. The minimum absolute atomic E-state index is 0.231. The van der Waals surface area contributed by atoms with Crippen LogP contribution in [0.1, 0.15) is 49.9 Å². The van der Waals surface area contributed by atoms with Gasteiger partial charge >= 0.3 is 0 Å². The third-order valence-corrected chi connectivity index (χ3v) is 8.80. The third-order valence-electron chi connectivity index (χ3n) is 7.38. The van der Waals surface area contributed by atoms with Gasteiger partial charge in [0.25, 0.3) is 0 Å². The van der Waals surface area contributed by atoms with Gasteiger partial charge in [-0.1, -0.05) is 31.5 Å². The lowest BCUT2D eigenvalue weighted by Gasteiger charge is -2.40. The first kappa shape index (κ1) is 16.9. The fraction of sp³-hybridized carbons (Fsp3) is 0.478. The number of nitrogens with zero attached hydrogens (tertiary/aromatic N) is 4. The zero-order valence-corrected chi connectivity index (χ0v) is 18.2. The minimum atomic E-state index is 0.231. The molecule has 0 fully saturated rings. The van der Waals surface area contributed by atoms with Crippen LogP contribution in [0.4, 0.5) is 0 Å². The highest BCUT2D eigenvalue weighted by atomic mass is 31.0. The van der Waals surface area contributed by atoms with Crippen molar-refractivity contribution >= 4 is 30.0 Å². The van der Waals surface area contributed by atoms with Gasteiger partial charge < -0.3 is 0 Å². The van der Waals surface area contributed by atoms with Crippen molar-refractivity contribution in [3.05, 3.63) is 47.5 Å². The number of rotatable bonds is 0. The Kier molecular flexibility index (Phi) is 3.32. The van der Waals surface area contributed by atoms with Gasteiger partial charge in [-0.05, 0) is 64.9 Å². The molecule has 146 valence electrons. The van der Waals surface area contributed by atoms with Crippen LogP contribution >= 0.6 is 8.35 Å². The maximum atomic E-state index is 2.73. The van der Waals surface area contributed by atoms with Gasteiger partial charge in [0.2, 0.25) is 0 Å². The molecule has 0 N–H and O–H groups in total. The van der Waals surface area contributed by atoms with Crippen LogP contribution in [0.15, 0.2) is 36.4 Å². The van der Waals surface area contributed by atoms with E-state index in [1.807, 2.05) is 0 Å². The van der Waals surface area contributed by atoms with Crippen molar-refractivity contribution in [1.29, 1.82) is 0 Å². The normalized spacial score (nSPS) is 23.7. The molecule has 3 aromatic rings. The molecule has 5 heteroatoms. The van der Waals surface area contributed by atoms with Gasteiger partial charge in [0.05, 0.1) is 28.6 Å². The van der Waals surface area contributed by atoms with Gasteiger partial charge in [0, 0.05) is 23.6 Å². The fourth-order valence-electron chi connectivity index (χ4n) is 5.91. The summed E-state index contributed by atoms with van der Waals surface area (Å²) in [6.45, 7) is 11.7. The molecule has 5 heterocycles. The SMILES string of the molecule is Cc1ccc2c(c1)[pH]n1n3c4ccc(C)cc4n4n2CCC4C(C)(C)C1CC3. The highest BCUT2D eigenvalue weighted by molar-refractivity contribution is 7.32. The first-order valence-corrected chi connectivity index (χ1v) is 11.5. The summed E-state index contributed by atoms with van der Waals surface area (Å²) in [6.07, 6.45) is 2.47. The molecular formula is C23H29N4P. The molecular weight excluding hydrogens is 363 g/mol. The summed E-state index contributed by atoms with van der Waals surface area (Å²) in [5.74, 6) is 0. The summed E-state index contributed by atoms with van der Waals surface area (Å²) >= 11 is 0. The van der Waals surface area contributed by atoms with Crippen LogP contribution < -0.4 is 0 Å². The molecule has 2 aromatic carbocycles. The molecule has 3 unspecified atom stereocenters. The van der Waals surface area contributed by atoms with E-state index < -0.39 is 0 Å². The van der Waals surface area contributed by atoms with Crippen LogP contribution in [0.3, 0.4) is 0 Å². The number of aromatic nitrogens is 4. The van der Waals surface area contributed by atoms with Gasteiger partial charge in [-0.2, -0.15) is 0 Å². The zero-order chi connectivity index (χ0) is 19.2. The Balaban J connectivity index is 1.98. The molecule has 0 radical (unpaired) electrons. The second-order valence-electron chi connectivity index (χ2n) is 9.49. The summed E-state index contributed by atoms with van der Waals surface area (Å²) < 4.78 is 10.6. The largest absolute Gasteiger partial charge is 0.284 e. The highest BCUT2D eigenvalue weighted by Gasteiger charge is 2.46. The van der Waals surface area contributed by atoms with E-state index in [0.717, 1.165) is 13.1 Å². The fourth-order valence-corrected chi connectivity index (χ4v) is 7.73. The van der Waals surface area contributed by atoms with Gasteiger partial charge in [-0.25, -0.2) is 0 Å². The Bertz CT molecular complexity index is 1240. The van der Waals surface area contributed by atoms with E-state index in [-0.39, 0.29) is 5.41 Å². The van der Waals surface area contributed by atoms with Gasteiger partial charge in [-0.15, -0.1) is 0 Å². The second-order valence-corrected chi connectivity index (χ2v) is 10.7. The molecule has 0 aliphatic carbocycles. The van der Waals surface area contributed by atoms with Crippen LogP contribution in [0.5, 0.6) is 0 Å². The number of benzene rings is 2. The van der Waals surface area contributed by atoms with E-state index in [4.69, 9.17) is 0 Å². The number of hydrogen-bond acceptors (Lipinski definition) is 0. The lowest BCUT2D eigenvalue weighted by molar-refractivity contribution is 0.134. The standard InChI is InChI=1S/C23H29N4P/c1-15-5-7-17-19(13-15)26-21-9-11-24(26)18-8-6-16(2)14-20(18)28-27-22(23(21,3)4)10-12-25(17)27/h5-8,13-14,21-22,28H,9-12H2,1-4H3. The molecule has 4 nitrogen and oxygen atoms in total. The second kappa shape index (κ2) is 5.51. The van der Waals surface area contributed by atoms with Crippen molar-refractivity contribution in [2.75, 3.05) is 0 Å². The Labute approximate surface area is 167 Å². The van der Waals surface area contributed by atoms with E-state index in [2.05, 4.69) is 82.6 Å². The van der Waals surface area contributed by atoms with Crippen LogP contribution in [0.2, 0.25) is 0 Å². The summed E-state index contributed by atoms with van der Waals surface area (Å²) in [7, 11) is 0.678. The predicted octanol–water partition coefficient (Wildman–Crippen LogP) is 6.03. The summed E-state index contributed by atoms with van der Waals surface area (Å²) in [5.41, 5.74) is 7.12. The highest BCUT2D eigenvalue weighted by Crippen LogP contribution is 2.53. The quantitative estimate of drug-likeness (QED) is 0.445. The van der Waals surface area contributed by atoms with Crippen molar-refractivity contribution in [3.8, 4) is 0 Å². The maximum absolute atomic E-state index is 2.73. The average molecular weight is 392 g/mol. The van der Waals surface area contributed by atoms with Gasteiger partial charge in [-0.3, -0.25) is 18.5 Å². The third kappa shape index (κ3) is 2.07. The maximum Gasteiger partial charge on any atom is 0.0832 e. The van der Waals surface area contributed by atoms with Crippen LogP contribution in [0.25, 0.3) is 21.7 Å². The first-order chi connectivity index (χ1) is 13.4. The minimum Gasteiger partial charge on any atom is -0.284 e. The predicted molar refractivity (Wildman–Crippen MR) is 119 cm³/mol. The van der Waals surface area contributed by atoms with E-state index in [9.17, 15) is 0 Å². The first-order valence-electron chi connectivity index (χ1n) is 10.6. The van der Waals surface area contributed by atoms with Gasteiger partial charge in [0.1, 0.15) is 0 Å². The molecule has 28 heavy (non-hydrogen) atoms. The summed E-state index contributed by atoms with van der Waals surface area (Å²) in [5, 5.41) is 1.49. The van der Waals surface area contributed by atoms with E-state index in [1.165, 1.54) is 45.6 Å². The lowest BCUT2D eigenvalue weighted by Crippen LogP contribution is -2.35. The summed E-state index contributed by atoms with van der Waals surface area (Å²) in [4.78, 5) is 0. The van der Waals surface area contributed by atoms with Gasteiger partial charge in [0.15, 0.2) is 0 Å². The molecule has 1 aromatic heterocycles. The van der Waals surface area contributed by atoms with Crippen LogP contribution in [0, 0.1) is 19.3 Å². The Hall–Kier alpha value is -2.06. The zero-order valence-electron chi connectivity index (χ0n) is 17.2. The molecule has 0 amide bonds. The monoisotopic (exact) mass is 392 g/mol. The van der Waals surface area contributed by atoms with E-state index >= 15 is 0 Å². The van der Waals surface area contributed by atoms with E-state index in [0.29, 0.717) is 20.4 Å². The van der Waals surface area contributed by atoms with Crippen molar-refractivity contribution in [2.45, 2.75) is 65.7 Å². The molecule has 0 saturated carbocycles. The molecule has 0 spiro atoms. The summed E-state index contributed by atoms with van der Waals surface area (Å²) in [6, 6.07) is 15.2. The smallest absolute Gasteiger partial charge is 0.0832 e. The molecule has 6 bridgehead atoms. The number of hydrogen-bond donors (Lipinski definition) is 0. The van der Waals surface area contributed by atoms with Crippen molar-refractivity contribution in [2.24, 2.45) is 5.41 Å². The number of aryl methyl sites for hydroxylation is 4. The molecule has 4 aliphatic heterocycles. The van der Waals surface area contributed by atoms with Crippen molar-refractivity contribution in [3.63, 3.8) is 0 Å². The Morgan fingerprint density at radius 1 is 0.821 bits per heavy atom. The Morgan fingerprint density at radius 3 is 2.32 bits per heavy atom. The van der Waals surface area contributed by atoms with Crippen molar-refractivity contribution in [1.82, 2.24) is 18.5 Å². The van der Waals surface area contributed by atoms with Crippen LogP contribution in [-0.2, 0) is 13.1 Å². The Morgan fingerprint density at radius 2 is 1.50 bits per heavy atom. The molecule has 3 atom stereocenters. The van der Waals surface area contributed by atoms with Crippen molar-refractivity contribution < 1.29 is 0 Å². The lowest BCUT2D eigenvalue weighted by atomic mass is 9.75.